The molecule has 5 aromatic rings. The fourth-order valence-corrected chi connectivity index (χ4v) is 6.27. The number of carbonyl (C=O) groups excluding carboxylic acids is 3. The maximum atomic E-state index is 13.7. The normalized spacial score (nSPS) is 11.7. The Morgan fingerprint density at radius 2 is 1.60 bits per heavy atom. The molecule has 0 radical (unpaired) electrons. The van der Waals surface area contributed by atoms with E-state index in [1.807, 2.05) is 48.7 Å². The smallest absolute Gasteiger partial charge is 0.272 e. The number of ether oxygens (including phenoxy) is 2. The molecule has 47 heavy (non-hydrogen) atoms. The number of hydrogen-bond donors (Lipinski definition) is 3. The number of rotatable bonds is 12. The van der Waals surface area contributed by atoms with E-state index in [0.717, 1.165) is 16.2 Å². The van der Waals surface area contributed by atoms with Crippen molar-refractivity contribution in [2.45, 2.75) is 17.1 Å². The molecule has 3 N–H and O–H groups in total. The van der Waals surface area contributed by atoms with Crippen LogP contribution in [0, 0.1) is 6.92 Å². The minimum atomic E-state index is -0.588. The average Bonchev–Trinajstić information content (AvgIpc) is 3.51. The largest absolute Gasteiger partial charge is 0.497 e. The van der Waals surface area contributed by atoms with E-state index < -0.39 is 17.1 Å². The molecule has 1 heterocycles. The van der Waals surface area contributed by atoms with E-state index in [1.165, 1.54) is 30.2 Å². The lowest BCUT2D eigenvalue weighted by Gasteiger charge is -2.17. The van der Waals surface area contributed by atoms with Crippen molar-refractivity contribution in [3.63, 3.8) is 0 Å². The second-order valence-electron chi connectivity index (χ2n) is 10.2. The van der Waals surface area contributed by atoms with Crippen LogP contribution in [0.25, 0.3) is 6.08 Å². The van der Waals surface area contributed by atoms with Gasteiger partial charge in [-0.1, -0.05) is 54.6 Å². The highest BCUT2D eigenvalue weighted by Crippen LogP contribution is 2.37. The Kier molecular flexibility index (Phi) is 11.1. The Morgan fingerprint density at radius 1 is 0.851 bits per heavy atom. The lowest BCUT2D eigenvalue weighted by atomic mass is 10.1. The average molecular weight is 665 g/mol. The number of anilines is 2. The number of nitrogens with one attached hydrogen (secondary N) is 3. The number of amides is 3. The third-order valence-electron chi connectivity index (χ3n) is 6.80. The van der Waals surface area contributed by atoms with Gasteiger partial charge in [0.1, 0.15) is 22.4 Å². The van der Waals surface area contributed by atoms with Gasteiger partial charge in [-0.05, 0) is 61.0 Å². The Hall–Kier alpha value is -5.39. The Labute approximate surface area is 281 Å². The Bertz CT molecular complexity index is 1890. The molecule has 238 valence electrons. The van der Waals surface area contributed by atoms with Crippen molar-refractivity contribution in [3.8, 4) is 11.5 Å². The molecule has 0 aliphatic heterocycles. The highest BCUT2D eigenvalue weighted by Gasteiger charge is 2.24. The SMILES string of the molecule is COc1ccc(/C=C(/NC(=O)c2ccccc2)C(=O)Nc2cccc(SC(C(=O)Nc3nc(C)cs3)c3ccccc3)c2)c(OC)c1. The van der Waals surface area contributed by atoms with Gasteiger partial charge in [-0.15, -0.1) is 23.1 Å². The minimum Gasteiger partial charge on any atom is -0.497 e. The highest BCUT2D eigenvalue weighted by molar-refractivity contribution is 8.00. The van der Waals surface area contributed by atoms with Crippen LogP contribution in [0.1, 0.15) is 32.4 Å². The van der Waals surface area contributed by atoms with Gasteiger partial charge in [0.15, 0.2) is 5.13 Å². The first-order valence-corrected chi connectivity index (χ1v) is 16.2. The number of thioether (sulfide) groups is 1. The van der Waals surface area contributed by atoms with E-state index >= 15 is 0 Å². The standard InChI is InChI=1S/C36H32N4O5S2/c1-23-22-46-36(37-23)40-35(43)32(24-11-6-4-7-12-24)47-29-16-10-15-27(20-29)38-34(42)30(39-33(41)25-13-8-5-9-14-25)19-26-17-18-28(44-2)21-31(26)45-3/h4-22,32H,1-3H3,(H,38,42)(H,39,41)(H,37,40,43)/b30-19+. The molecule has 1 aromatic heterocycles. The molecule has 0 saturated carbocycles. The van der Waals surface area contributed by atoms with E-state index in [0.29, 0.717) is 33.4 Å². The van der Waals surface area contributed by atoms with Crippen LogP contribution in [0.2, 0.25) is 0 Å². The Morgan fingerprint density at radius 3 is 2.28 bits per heavy atom. The zero-order valence-corrected chi connectivity index (χ0v) is 27.5. The number of nitrogens with zero attached hydrogens (tertiary/aromatic N) is 1. The van der Waals surface area contributed by atoms with E-state index in [2.05, 4.69) is 20.9 Å². The maximum absolute atomic E-state index is 13.7. The van der Waals surface area contributed by atoms with Crippen LogP contribution in [-0.4, -0.2) is 36.9 Å². The van der Waals surface area contributed by atoms with Crippen LogP contribution >= 0.6 is 23.1 Å². The second-order valence-corrected chi connectivity index (χ2v) is 12.2. The Balaban J connectivity index is 1.40. The third-order valence-corrected chi connectivity index (χ3v) is 8.93. The first kappa shape index (κ1) is 33.0. The van der Waals surface area contributed by atoms with Crippen LogP contribution in [0.5, 0.6) is 11.5 Å². The number of hydrogen-bond acceptors (Lipinski definition) is 8. The minimum absolute atomic E-state index is 0.000608. The van der Waals surface area contributed by atoms with Gasteiger partial charge in [0.25, 0.3) is 11.8 Å². The van der Waals surface area contributed by atoms with Crippen molar-refractivity contribution in [1.29, 1.82) is 0 Å². The number of methoxy groups -OCH3 is 2. The highest BCUT2D eigenvalue weighted by atomic mass is 32.2. The zero-order chi connectivity index (χ0) is 33.2. The zero-order valence-electron chi connectivity index (χ0n) is 25.9. The van der Waals surface area contributed by atoms with Crippen molar-refractivity contribution in [3.05, 3.63) is 137 Å². The van der Waals surface area contributed by atoms with Gasteiger partial charge in [0.2, 0.25) is 5.91 Å². The first-order chi connectivity index (χ1) is 22.8. The summed E-state index contributed by atoms with van der Waals surface area (Å²) in [4.78, 5) is 45.5. The number of carbonyl (C=O) groups is 3. The molecule has 1 atom stereocenters. The van der Waals surface area contributed by atoms with Gasteiger partial charge >= 0.3 is 0 Å². The van der Waals surface area contributed by atoms with E-state index in [-0.39, 0.29) is 11.6 Å². The van der Waals surface area contributed by atoms with Crippen molar-refractivity contribution in [1.82, 2.24) is 10.3 Å². The molecule has 4 aromatic carbocycles. The summed E-state index contributed by atoms with van der Waals surface area (Å²) in [7, 11) is 3.06. The quantitative estimate of drug-likeness (QED) is 0.0943. The van der Waals surface area contributed by atoms with Crippen LogP contribution in [0.15, 0.2) is 119 Å². The third kappa shape index (κ3) is 8.87. The fourth-order valence-electron chi connectivity index (χ4n) is 4.50. The molecule has 0 spiro atoms. The van der Waals surface area contributed by atoms with Gasteiger partial charge in [0, 0.05) is 33.2 Å². The predicted octanol–water partition coefficient (Wildman–Crippen LogP) is 7.35. The number of aryl methyl sites for hydroxylation is 1. The van der Waals surface area contributed by atoms with Crippen LogP contribution in [-0.2, 0) is 9.59 Å². The van der Waals surface area contributed by atoms with E-state index in [4.69, 9.17) is 9.47 Å². The molecule has 0 aliphatic carbocycles. The molecule has 5 rings (SSSR count). The van der Waals surface area contributed by atoms with Crippen molar-refractivity contribution in [2.75, 3.05) is 24.9 Å². The maximum Gasteiger partial charge on any atom is 0.272 e. The van der Waals surface area contributed by atoms with E-state index in [9.17, 15) is 14.4 Å². The molecular formula is C36H32N4O5S2. The van der Waals surface area contributed by atoms with Crippen molar-refractivity contribution < 1.29 is 23.9 Å². The summed E-state index contributed by atoms with van der Waals surface area (Å²) < 4.78 is 10.8. The van der Waals surface area contributed by atoms with Gasteiger partial charge in [-0.25, -0.2) is 4.98 Å². The lowest BCUT2D eigenvalue weighted by Crippen LogP contribution is -2.30. The topological polar surface area (TPSA) is 119 Å². The van der Waals surface area contributed by atoms with Gasteiger partial charge in [-0.3, -0.25) is 14.4 Å². The summed E-state index contributed by atoms with van der Waals surface area (Å²) in [6, 6.07) is 30.4. The summed E-state index contributed by atoms with van der Waals surface area (Å²) in [6.07, 6.45) is 1.54. The summed E-state index contributed by atoms with van der Waals surface area (Å²) >= 11 is 2.71. The summed E-state index contributed by atoms with van der Waals surface area (Å²) in [6.45, 7) is 1.87. The van der Waals surface area contributed by atoms with Gasteiger partial charge in [0.05, 0.1) is 19.9 Å². The lowest BCUT2D eigenvalue weighted by molar-refractivity contribution is -0.116. The van der Waals surface area contributed by atoms with Gasteiger partial charge < -0.3 is 25.4 Å². The van der Waals surface area contributed by atoms with Crippen LogP contribution < -0.4 is 25.4 Å². The fraction of sp³-hybridized carbons (Fsp3) is 0.111. The second kappa shape index (κ2) is 15.7. The molecule has 1 unspecified atom stereocenters. The van der Waals surface area contributed by atoms with Crippen molar-refractivity contribution in [2.24, 2.45) is 0 Å². The molecule has 0 saturated heterocycles. The molecule has 0 bridgehead atoms. The molecule has 0 aliphatic rings. The van der Waals surface area contributed by atoms with Crippen LogP contribution in [0.3, 0.4) is 0 Å². The molecule has 9 nitrogen and oxygen atoms in total. The number of benzene rings is 4. The summed E-state index contributed by atoms with van der Waals surface area (Å²) in [5.74, 6) is -0.175. The van der Waals surface area contributed by atoms with Crippen molar-refractivity contribution >= 4 is 57.7 Å². The monoisotopic (exact) mass is 664 g/mol. The first-order valence-electron chi connectivity index (χ1n) is 14.5. The van der Waals surface area contributed by atoms with E-state index in [1.54, 1.807) is 79.9 Å². The van der Waals surface area contributed by atoms with Crippen LogP contribution in [0.4, 0.5) is 10.8 Å². The van der Waals surface area contributed by atoms with Gasteiger partial charge in [-0.2, -0.15) is 0 Å². The predicted molar refractivity (Wildman–Crippen MR) is 187 cm³/mol. The summed E-state index contributed by atoms with van der Waals surface area (Å²) in [5, 5.41) is 10.4. The molecular weight excluding hydrogens is 633 g/mol. The molecule has 0 fully saturated rings. The summed E-state index contributed by atoms with van der Waals surface area (Å²) in [5.41, 5.74) is 3.08. The molecule has 3 amide bonds. The molecule has 11 heteroatoms. The number of thiazole rings is 1. The number of aromatic nitrogens is 1.